The SMILES string of the molecule is CCOC(=O)c1cn(C)nc1-c1ccc(C)cc1. The predicted octanol–water partition coefficient (Wildman–Crippen LogP) is 2.57. The quantitative estimate of drug-likeness (QED) is 0.779. The van der Waals surface area contributed by atoms with Gasteiger partial charge in [-0.3, -0.25) is 4.68 Å². The zero-order valence-corrected chi connectivity index (χ0v) is 10.8. The van der Waals surface area contributed by atoms with Crippen LogP contribution in [0.3, 0.4) is 0 Å². The maximum Gasteiger partial charge on any atom is 0.341 e. The number of rotatable bonds is 3. The first-order chi connectivity index (χ1) is 8.61. The highest BCUT2D eigenvalue weighted by molar-refractivity contribution is 5.96. The summed E-state index contributed by atoms with van der Waals surface area (Å²) in [7, 11) is 1.79. The molecule has 94 valence electrons. The molecule has 4 heteroatoms. The Morgan fingerprint density at radius 1 is 1.33 bits per heavy atom. The average molecular weight is 244 g/mol. The van der Waals surface area contributed by atoms with E-state index in [-0.39, 0.29) is 5.97 Å². The molecule has 0 aliphatic heterocycles. The van der Waals surface area contributed by atoms with Gasteiger partial charge in [0.15, 0.2) is 0 Å². The van der Waals surface area contributed by atoms with E-state index in [2.05, 4.69) is 5.10 Å². The van der Waals surface area contributed by atoms with Gasteiger partial charge in [-0.25, -0.2) is 4.79 Å². The fourth-order valence-electron chi connectivity index (χ4n) is 1.77. The van der Waals surface area contributed by atoms with Crippen LogP contribution in [0.25, 0.3) is 11.3 Å². The van der Waals surface area contributed by atoms with Crippen molar-refractivity contribution in [2.75, 3.05) is 6.61 Å². The second-order valence-corrected chi connectivity index (χ2v) is 4.15. The molecule has 1 aromatic heterocycles. The maximum absolute atomic E-state index is 11.8. The summed E-state index contributed by atoms with van der Waals surface area (Å²) in [6, 6.07) is 7.92. The van der Waals surface area contributed by atoms with Gasteiger partial charge >= 0.3 is 5.97 Å². The molecule has 0 atom stereocenters. The van der Waals surface area contributed by atoms with Crippen LogP contribution in [0.15, 0.2) is 30.5 Å². The van der Waals surface area contributed by atoms with E-state index >= 15 is 0 Å². The Hall–Kier alpha value is -2.10. The number of carbonyl (C=O) groups excluding carboxylic acids is 1. The van der Waals surface area contributed by atoms with Crippen LogP contribution in [0.5, 0.6) is 0 Å². The van der Waals surface area contributed by atoms with E-state index < -0.39 is 0 Å². The predicted molar refractivity (Wildman–Crippen MR) is 69.3 cm³/mol. The average Bonchev–Trinajstić information content (AvgIpc) is 2.73. The highest BCUT2D eigenvalue weighted by atomic mass is 16.5. The molecule has 0 aliphatic rings. The summed E-state index contributed by atoms with van der Waals surface area (Å²) in [6.07, 6.45) is 1.69. The van der Waals surface area contributed by atoms with E-state index in [9.17, 15) is 4.79 Å². The van der Waals surface area contributed by atoms with Crippen LogP contribution in [0.1, 0.15) is 22.8 Å². The van der Waals surface area contributed by atoms with Crippen molar-refractivity contribution in [1.29, 1.82) is 0 Å². The summed E-state index contributed by atoms with van der Waals surface area (Å²) < 4.78 is 6.66. The van der Waals surface area contributed by atoms with Gasteiger partial charge in [-0.1, -0.05) is 29.8 Å². The number of benzene rings is 1. The van der Waals surface area contributed by atoms with Crippen molar-refractivity contribution >= 4 is 5.97 Å². The van der Waals surface area contributed by atoms with Gasteiger partial charge in [0.1, 0.15) is 11.3 Å². The Bertz CT molecular complexity index is 556. The minimum absolute atomic E-state index is 0.332. The summed E-state index contributed by atoms with van der Waals surface area (Å²) >= 11 is 0. The third kappa shape index (κ3) is 2.42. The molecule has 0 saturated heterocycles. The van der Waals surface area contributed by atoms with Crippen molar-refractivity contribution in [3.05, 3.63) is 41.6 Å². The van der Waals surface area contributed by atoms with Crippen molar-refractivity contribution in [1.82, 2.24) is 9.78 Å². The summed E-state index contributed by atoms with van der Waals surface area (Å²) in [5, 5.41) is 4.33. The van der Waals surface area contributed by atoms with E-state index in [1.807, 2.05) is 31.2 Å². The molecule has 0 radical (unpaired) electrons. The molecular weight excluding hydrogens is 228 g/mol. The van der Waals surface area contributed by atoms with E-state index in [1.165, 1.54) is 5.56 Å². The van der Waals surface area contributed by atoms with Crippen molar-refractivity contribution in [2.45, 2.75) is 13.8 Å². The first-order valence-corrected chi connectivity index (χ1v) is 5.89. The Balaban J connectivity index is 2.44. The summed E-state index contributed by atoms with van der Waals surface area (Å²) in [5.41, 5.74) is 3.26. The molecule has 2 rings (SSSR count). The maximum atomic E-state index is 11.8. The van der Waals surface area contributed by atoms with Crippen LogP contribution < -0.4 is 0 Å². The lowest BCUT2D eigenvalue weighted by Crippen LogP contribution is -2.04. The fourth-order valence-corrected chi connectivity index (χ4v) is 1.77. The van der Waals surface area contributed by atoms with Crippen LogP contribution in [0.2, 0.25) is 0 Å². The number of nitrogens with zero attached hydrogens (tertiary/aromatic N) is 2. The standard InChI is InChI=1S/C14H16N2O2/c1-4-18-14(17)12-9-16(3)15-13(12)11-7-5-10(2)6-8-11/h5-9H,4H2,1-3H3. The Labute approximate surface area is 106 Å². The van der Waals surface area contributed by atoms with Gasteiger partial charge in [-0.2, -0.15) is 5.10 Å². The Morgan fingerprint density at radius 3 is 2.61 bits per heavy atom. The van der Waals surface area contributed by atoms with Gasteiger partial charge in [-0.05, 0) is 13.8 Å². The van der Waals surface area contributed by atoms with Crippen molar-refractivity contribution < 1.29 is 9.53 Å². The van der Waals surface area contributed by atoms with Crippen LogP contribution in [-0.4, -0.2) is 22.4 Å². The molecule has 0 unspecified atom stereocenters. The summed E-state index contributed by atoms with van der Waals surface area (Å²) in [5.74, 6) is -0.332. The summed E-state index contributed by atoms with van der Waals surface area (Å²) in [6.45, 7) is 4.18. The molecule has 0 aliphatic carbocycles. The molecule has 1 heterocycles. The zero-order valence-electron chi connectivity index (χ0n) is 10.8. The summed E-state index contributed by atoms with van der Waals surface area (Å²) in [4.78, 5) is 11.8. The molecule has 4 nitrogen and oxygen atoms in total. The second-order valence-electron chi connectivity index (χ2n) is 4.15. The smallest absolute Gasteiger partial charge is 0.341 e. The number of hydrogen-bond acceptors (Lipinski definition) is 3. The van der Waals surface area contributed by atoms with Gasteiger partial charge in [0.05, 0.1) is 6.61 Å². The minimum atomic E-state index is -0.332. The van der Waals surface area contributed by atoms with E-state index in [0.717, 1.165) is 5.56 Å². The van der Waals surface area contributed by atoms with Gasteiger partial charge < -0.3 is 4.74 Å². The van der Waals surface area contributed by atoms with Gasteiger partial charge in [0, 0.05) is 18.8 Å². The van der Waals surface area contributed by atoms with Crippen LogP contribution >= 0.6 is 0 Å². The second kappa shape index (κ2) is 5.04. The van der Waals surface area contributed by atoms with E-state index in [4.69, 9.17) is 4.74 Å². The largest absolute Gasteiger partial charge is 0.462 e. The van der Waals surface area contributed by atoms with Crippen molar-refractivity contribution in [3.63, 3.8) is 0 Å². The van der Waals surface area contributed by atoms with Gasteiger partial charge in [0.25, 0.3) is 0 Å². The van der Waals surface area contributed by atoms with E-state index in [0.29, 0.717) is 17.9 Å². The lowest BCUT2D eigenvalue weighted by molar-refractivity contribution is 0.0527. The molecule has 0 spiro atoms. The van der Waals surface area contributed by atoms with Crippen LogP contribution in [0, 0.1) is 6.92 Å². The van der Waals surface area contributed by atoms with Crippen LogP contribution in [-0.2, 0) is 11.8 Å². The third-order valence-electron chi connectivity index (χ3n) is 2.65. The molecular formula is C14H16N2O2. The lowest BCUT2D eigenvalue weighted by Gasteiger charge is -2.02. The van der Waals surface area contributed by atoms with E-state index in [1.54, 1.807) is 24.9 Å². The topological polar surface area (TPSA) is 44.1 Å². The Morgan fingerprint density at radius 2 is 2.00 bits per heavy atom. The minimum Gasteiger partial charge on any atom is -0.462 e. The lowest BCUT2D eigenvalue weighted by atomic mass is 10.1. The van der Waals surface area contributed by atoms with Gasteiger partial charge in [0.2, 0.25) is 0 Å². The highest BCUT2D eigenvalue weighted by Crippen LogP contribution is 2.22. The number of aromatic nitrogens is 2. The molecule has 0 bridgehead atoms. The Kier molecular flexibility index (Phi) is 3.46. The number of aryl methyl sites for hydroxylation is 2. The zero-order chi connectivity index (χ0) is 13.1. The van der Waals surface area contributed by atoms with Crippen molar-refractivity contribution in [2.24, 2.45) is 7.05 Å². The molecule has 0 amide bonds. The fraction of sp³-hybridized carbons (Fsp3) is 0.286. The number of hydrogen-bond donors (Lipinski definition) is 0. The normalized spacial score (nSPS) is 10.4. The molecule has 0 saturated carbocycles. The third-order valence-corrected chi connectivity index (χ3v) is 2.65. The first-order valence-electron chi connectivity index (χ1n) is 5.89. The van der Waals surface area contributed by atoms with Gasteiger partial charge in [-0.15, -0.1) is 0 Å². The van der Waals surface area contributed by atoms with Crippen LogP contribution in [0.4, 0.5) is 0 Å². The number of carbonyl (C=O) groups is 1. The number of ether oxygens (including phenoxy) is 1. The van der Waals surface area contributed by atoms with Crippen molar-refractivity contribution in [3.8, 4) is 11.3 Å². The molecule has 2 aromatic rings. The molecule has 0 N–H and O–H groups in total. The first kappa shape index (κ1) is 12.4. The highest BCUT2D eigenvalue weighted by Gasteiger charge is 2.17. The number of esters is 1. The monoisotopic (exact) mass is 244 g/mol. The molecule has 0 fully saturated rings. The molecule has 18 heavy (non-hydrogen) atoms. The molecule has 1 aromatic carbocycles.